The first-order valence-corrected chi connectivity index (χ1v) is 11.8. The van der Waals surface area contributed by atoms with Gasteiger partial charge in [0.05, 0.1) is 0 Å². The molecule has 0 aliphatic rings. The van der Waals surface area contributed by atoms with Crippen LogP contribution in [0.1, 0.15) is 61.9 Å². The summed E-state index contributed by atoms with van der Waals surface area (Å²) in [5.41, 5.74) is 7.35. The van der Waals surface area contributed by atoms with Crippen molar-refractivity contribution in [2.24, 2.45) is 0 Å². The zero-order valence-electron chi connectivity index (χ0n) is 21.9. The topological polar surface area (TPSA) is 67.1 Å². The van der Waals surface area contributed by atoms with Gasteiger partial charge >= 0.3 is 20.1 Å². The van der Waals surface area contributed by atoms with E-state index in [0.29, 0.717) is 17.8 Å². The van der Waals surface area contributed by atoms with Gasteiger partial charge in [-0.05, 0) is 33.3 Å². The van der Waals surface area contributed by atoms with Crippen molar-refractivity contribution in [1.82, 2.24) is 9.97 Å². The molecule has 0 spiro atoms. The van der Waals surface area contributed by atoms with Crippen LogP contribution in [0.15, 0.2) is 53.2 Å². The number of aryl methyl sites for hydroxylation is 4. The number of aromatic nitrogens is 2. The summed E-state index contributed by atoms with van der Waals surface area (Å²) in [6.45, 7) is 16.6. The second-order valence-electron chi connectivity index (χ2n) is 9.24. The van der Waals surface area contributed by atoms with Gasteiger partial charge in [0.2, 0.25) is 5.71 Å². The van der Waals surface area contributed by atoms with Crippen molar-refractivity contribution in [2.45, 2.75) is 73.6 Å². The second-order valence-corrected chi connectivity index (χ2v) is 9.24. The van der Waals surface area contributed by atoms with E-state index >= 15 is 0 Å². The molecule has 0 unspecified atom stereocenters. The summed E-state index contributed by atoms with van der Waals surface area (Å²) >= 11 is 0. The van der Waals surface area contributed by atoms with E-state index in [1.165, 1.54) is 23.0 Å². The Bertz CT molecular complexity index is 1190. The van der Waals surface area contributed by atoms with Gasteiger partial charge in [-0.3, -0.25) is 4.98 Å². The van der Waals surface area contributed by atoms with E-state index in [1.54, 1.807) is 0 Å². The first kappa shape index (κ1) is 28.9. The minimum Gasteiger partial charge on any atom is -0.672 e. The number of furan rings is 1. The standard InChI is InChI=1S/C15H24N2.C14H11N2O.Ir/c1-10(2)16-15(17-11(3)4)14-8-12(5)7-13(6)9-14;1-9-10(2)17-14-12(9)13(15-8-16-14)11-6-4-3-5-7-11;/h7-11,15H,1-6H3;3-6,8H,1-2H3;/q-2;-1;+3. The van der Waals surface area contributed by atoms with E-state index in [9.17, 15) is 0 Å². The number of rotatable bonds is 6. The molecule has 0 bridgehead atoms. The molecule has 6 heteroatoms. The smallest absolute Gasteiger partial charge is 0.672 e. The largest absolute Gasteiger partial charge is 3.00 e. The van der Waals surface area contributed by atoms with Crippen LogP contribution in [0, 0.1) is 33.8 Å². The molecule has 4 rings (SSSR count). The molecule has 4 aromatic rings. The van der Waals surface area contributed by atoms with Crippen LogP contribution >= 0.6 is 0 Å². The molecule has 0 saturated carbocycles. The number of fused-ring (bicyclic) bond motifs is 1. The van der Waals surface area contributed by atoms with Gasteiger partial charge in [0.1, 0.15) is 12.1 Å². The van der Waals surface area contributed by atoms with E-state index in [4.69, 9.17) is 15.1 Å². The maximum Gasteiger partial charge on any atom is 3.00 e. The van der Waals surface area contributed by atoms with Crippen LogP contribution in [0.3, 0.4) is 0 Å². The second kappa shape index (κ2) is 13.1. The number of benzene rings is 2. The maximum atomic E-state index is 5.60. The van der Waals surface area contributed by atoms with Crippen LogP contribution in [0.5, 0.6) is 0 Å². The molecular weight excluding hydrogens is 613 g/mol. The van der Waals surface area contributed by atoms with Crippen LogP contribution in [0.4, 0.5) is 0 Å². The fraction of sp³-hybridized carbons (Fsp3) is 0.379. The Morgan fingerprint density at radius 2 is 1.49 bits per heavy atom. The third kappa shape index (κ3) is 7.81. The zero-order chi connectivity index (χ0) is 24.8. The Labute approximate surface area is 223 Å². The Morgan fingerprint density at radius 1 is 0.857 bits per heavy atom. The van der Waals surface area contributed by atoms with Gasteiger partial charge in [-0.2, -0.15) is 0 Å². The SMILES string of the molecule is Cc1cc(C)cc(C([N-]C(C)C)[N-]C(C)C)c1.Cc1oc2ncnc(-c3[c-]cccc3)c2c1C.[Ir+3]. The molecule has 0 radical (unpaired) electrons. The first-order valence-electron chi connectivity index (χ1n) is 11.8. The molecule has 2 heterocycles. The average molecular weight is 648 g/mol. The molecule has 0 aliphatic heterocycles. The summed E-state index contributed by atoms with van der Waals surface area (Å²) in [6, 6.07) is 18.1. The van der Waals surface area contributed by atoms with Crippen molar-refractivity contribution in [1.29, 1.82) is 0 Å². The van der Waals surface area contributed by atoms with Crippen molar-refractivity contribution < 1.29 is 24.5 Å². The predicted molar refractivity (Wildman–Crippen MR) is 141 cm³/mol. The Balaban J connectivity index is 0.000000240. The summed E-state index contributed by atoms with van der Waals surface area (Å²) < 4.78 is 5.60. The Kier molecular flexibility index (Phi) is 10.8. The monoisotopic (exact) mass is 648 g/mol. The van der Waals surface area contributed by atoms with Crippen LogP contribution in [-0.4, -0.2) is 22.1 Å². The minimum atomic E-state index is -0.0198. The van der Waals surface area contributed by atoms with Crippen LogP contribution in [0.2, 0.25) is 0 Å². The van der Waals surface area contributed by atoms with Crippen molar-refractivity contribution in [2.75, 3.05) is 0 Å². The average Bonchev–Trinajstić information content (AvgIpc) is 3.07. The van der Waals surface area contributed by atoms with Gasteiger partial charge in [-0.1, -0.05) is 62.6 Å². The van der Waals surface area contributed by atoms with Crippen molar-refractivity contribution in [3.63, 3.8) is 0 Å². The van der Waals surface area contributed by atoms with Crippen LogP contribution in [-0.2, 0) is 20.1 Å². The molecule has 0 saturated heterocycles. The fourth-order valence-electron chi connectivity index (χ4n) is 3.86. The third-order valence-corrected chi connectivity index (χ3v) is 5.35. The maximum absolute atomic E-state index is 5.60. The summed E-state index contributed by atoms with van der Waals surface area (Å²) in [6.07, 6.45) is 1.51. The van der Waals surface area contributed by atoms with Crippen LogP contribution in [0.25, 0.3) is 33.0 Å². The van der Waals surface area contributed by atoms with Gasteiger partial charge in [0.15, 0.2) is 0 Å². The van der Waals surface area contributed by atoms with Gasteiger partial charge in [0, 0.05) is 11.1 Å². The van der Waals surface area contributed by atoms with E-state index in [-0.39, 0.29) is 26.3 Å². The minimum absolute atomic E-state index is 0. The van der Waals surface area contributed by atoms with Gasteiger partial charge in [0.25, 0.3) is 0 Å². The molecule has 0 fully saturated rings. The fourth-order valence-corrected chi connectivity index (χ4v) is 3.86. The van der Waals surface area contributed by atoms with Gasteiger partial charge in [-0.15, -0.1) is 48.0 Å². The molecule has 2 aromatic heterocycles. The third-order valence-electron chi connectivity index (χ3n) is 5.35. The Morgan fingerprint density at radius 3 is 2.03 bits per heavy atom. The molecule has 2 aromatic carbocycles. The van der Waals surface area contributed by atoms with Gasteiger partial charge in [-0.25, -0.2) is 11.1 Å². The Hall–Kier alpha value is -2.37. The molecular formula is C29H35IrN4O. The number of hydrogen-bond acceptors (Lipinski definition) is 3. The molecule has 186 valence electrons. The number of hydrogen-bond donors (Lipinski definition) is 0. The molecule has 35 heavy (non-hydrogen) atoms. The van der Waals surface area contributed by atoms with Gasteiger partial charge < -0.3 is 15.1 Å². The van der Waals surface area contributed by atoms with Crippen LogP contribution < -0.4 is 0 Å². The summed E-state index contributed by atoms with van der Waals surface area (Å²) in [4.78, 5) is 8.51. The molecule has 0 N–H and O–H groups in total. The molecule has 0 atom stereocenters. The quantitative estimate of drug-likeness (QED) is 0.198. The normalized spacial score (nSPS) is 11.1. The summed E-state index contributed by atoms with van der Waals surface area (Å²) in [5, 5.41) is 10.4. The van der Waals surface area contributed by atoms with E-state index in [0.717, 1.165) is 28.0 Å². The molecule has 5 nitrogen and oxygen atoms in total. The summed E-state index contributed by atoms with van der Waals surface area (Å²) in [5.74, 6) is 0.887. The first-order chi connectivity index (χ1) is 16.2. The van der Waals surface area contributed by atoms with Crippen molar-refractivity contribution in [3.8, 4) is 11.3 Å². The van der Waals surface area contributed by atoms with Crippen molar-refractivity contribution in [3.05, 3.63) is 93.5 Å². The van der Waals surface area contributed by atoms with E-state index < -0.39 is 0 Å². The predicted octanol–water partition coefficient (Wildman–Crippen LogP) is 8.17. The molecule has 0 aliphatic carbocycles. The van der Waals surface area contributed by atoms with E-state index in [2.05, 4.69) is 75.8 Å². The zero-order valence-corrected chi connectivity index (χ0v) is 24.3. The molecule has 0 amide bonds. The van der Waals surface area contributed by atoms with Crippen molar-refractivity contribution >= 4 is 11.1 Å². The number of nitrogens with zero attached hydrogens (tertiary/aromatic N) is 4. The van der Waals surface area contributed by atoms with E-state index in [1.807, 2.05) is 38.1 Å². The summed E-state index contributed by atoms with van der Waals surface area (Å²) in [7, 11) is 0.